The first kappa shape index (κ1) is 15.7. The Morgan fingerprint density at radius 1 is 1.19 bits per heavy atom. The van der Waals surface area contributed by atoms with Crippen LogP contribution in [0.3, 0.4) is 0 Å². The summed E-state index contributed by atoms with van der Waals surface area (Å²) in [5.74, 6) is -1.16. The van der Waals surface area contributed by atoms with Crippen LogP contribution in [0.5, 0.6) is 0 Å². The summed E-state index contributed by atoms with van der Waals surface area (Å²) in [5.41, 5.74) is 0.0906. The Balaban J connectivity index is 2.65. The molecule has 0 saturated carbocycles. The topological polar surface area (TPSA) is 56.9 Å². The number of halogens is 3. The summed E-state index contributed by atoms with van der Waals surface area (Å²) in [7, 11) is -2.12. The van der Waals surface area contributed by atoms with Crippen molar-refractivity contribution in [1.29, 1.82) is 0 Å². The van der Waals surface area contributed by atoms with Crippen molar-refractivity contribution >= 4 is 22.1 Å². The van der Waals surface area contributed by atoms with Crippen LogP contribution in [0.15, 0.2) is 29.2 Å². The van der Waals surface area contributed by atoms with Crippen LogP contribution in [-0.2, 0) is 23.1 Å². The van der Waals surface area contributed by atoms with E-state index in [9.17, 15) is 21.6 Å². The third-order valence-electron chi connectivity index (χ3n) is 2.70. The molecule has 0 fully saturated rings. The Hall–Kier alpha value is -1.68. The van der Waals surface area contributed by atoms with E-state index in [1.807, 2.05) is 0 Å². The number of rotatable bonds is 2. The van der Waals surface area contributed by atoms with Gasteiger partial charge in [0, 0.05) is 13.3 Å². The third-order valence-corrected chi connectivity index (χ3v) is 4.28. The highest BCUT2D eigenvalue weighted by Crippen LogP contribution is 2.30. The maximum absolute atomic E-state index is 13.0. The first-order chi connectivity index (χ1) is 9.51. The maximum atomic E-state index is 13.0. The number of alkyl halides is 3. The lowest BCUT2D eigenvalue weighted by Crippen LogP contribution is -2.14. The fourth-order valence-electron chi connectivity index (χ4n) is 1.72. The molecule has 0 saturated heterocycles. The van der Waals surface area contributed by atoms with Crippen molar-refractivity contribution < 1.29 is 21.6 Å². The minimum Gasteiger partial charge on any atom is -0.264 e. The average Bonchev–Trinajstić information content (AvgIpc) is 2.65. The molecule has 0 aliphatic heterocycles. The van der Waals surface area contributed by atoms with E-state index in [-0.39, 0.29) is 15.4 Å². The lowest BCUT2D eigenvalue weighted by Gasteiger charge is -2.09. The molecule has 1 heterocycles. The summed E-state index contributed by atoms with van der Waals surface area (Å²) in [6.45, 7) is 0. The van der Waals surface area contributed by atoms with E-state index in [4.69, 9.17) is 12.2 Å². The number of nitrogens with zero attached hydrogens (tertiary/aromatic N) is 3. The first-order valence-corrected chi connectivity index (χ1v) is 7.85. The normalized spacial score (nSPS) is 12.6. The molecule has 2 aromatic rings. The van der Waals surface area contributed by atoms with Gasteiger partial charge in [0.05, 0.1) is 10.6 Å². The molecule has 5 nitrogen and oxygen atoms in total. The van der Waals surface area contributed by atoms with E-state index < -0.39 is 21.8 Å². The van der Waals surface area contributed by atoms with Crippen LogP contribution in [0.4, 0.5) is 13.2 Å². The lowest BCUT2D eigenvalue weighted by molar-refractivity contribution is -0.146. The minimum atomic E-state index is -4.68. The second-order valence-electron chi connectivity index (χ2n) is 4.33. The van der Waals surface area contributed by atoms with Gasteiger partial charge in [0.2, 0.25) is 10.6 Å². The van der Waals surface area contributed by atoms with Gasteiger partial charge in [-0.15, -0.1) is 5.10 Å². The van der Waals surface area contributed by atoms with Gasteiger partial charge in [0.25, 0.3) is 0 Å². The molecule has 0 amide bonds. The van der Waals surface area contributed by atoms with E-state index in [0.717, 1.165) is 15.5 Å². The lowest BCUT2D eigenvalue weighted by atomic mass is 10.3. The van der Waals surface area contributed by atoms with Gasteiger partial charge in [-0.1, -0.05) is 0 Å². The Bertz CT molecular complexity index is 833. The molecule has 0 unspecified atom stereocenters. The SMILES string of the molecule is Cn1nc(C(F)(F)F)n(-c2ccc(S(C)(=O)=O)cc2)c1=S. The quantitative estimate of drug-likeness (QED) is 0.790. The van der Waals surface area contributed by atoms with Crippen molar-refractivity contribution in [3.63, 3.8) is 0 Å². The van der Waals surface area contributed by atoms with Gasteiger partial charge < -0.3 is 0 Å². The van der Waals surface area contributed by atoms with Crippen molar-refractivity contribution in [3.8, 4) is 5.69 Å². The number of aryl methyl sites for hydroxylation is 1. The number of sulfone groups is 1. The molecule has 21 heavy (non-hydrogen) atoms. The Labute approximate surface area is 123 Å². The summed E-state index contributed by atoms with van der Waals surface area (Å²) in [5, 5.41) is 3.36. The van der Waals surface area contributed by atoms with Crippen molar-refractivity contribution in [1.82, 2.24) is 14.3 Å². The first-order valence-electron chi connectivity index (χ1n) is 5.55. The van der Waals surface area contributed by atoms with E-state index in [2.05, 4.69) is 5.10 Å². The molecule has 10 heteroatoms. The highest BCUT2D eigenvalue weighted by molar-refractivity contribution is 7.90. The summed E-state index contributed by atoms with van der Waals surface area (Å²) in [6.07, 6.45) is -3.66. The van der Waals surface area contributed by atoms with Gasteiger partial charge >= 0.3 is 6.18 Å². The predicted octanol–water partition coefficient (Wildman–Crippen LogP) is 2.36. The monoisotopic (exact) mass is 337 g/mol. The summed E-state index contributed by atoms with van der Waals surface area (Å²) >= 11 is 4.92. The van der Waals surface area contributed by atoms with Crippen LogP contribution in [0, 0.1) is 4.77 Å². The highest BCUT2D eigenvalue weighted by Gasteiger charge is 2.38. The molecule has 1 aromatic heterocycles. The summed E-state index contributed by atoms with van der Waals surface area (Å²) in [4.78, 5) is 0.00946. The summed E-state index contributed by atoms with van der Waals surface area (Å²) < 4.78 is 63.1. The maximum Gasteiger partial charge on any atom is 0.452 e. The standard InChI is InChI=1S/C11H10F3N3O2S2/c1-16-10(20)17(9(15-16)11(12,13)14)7-3-5-8(6-4-7)21(2,18)19/h3-6H,1-2H3. The molecule has 0 aliphatic carbocycles. The smallest absolute Gasteiger partial charge is 0.264 e. The second kappa shape index (κ2) is 4.95. The fraction of sp³-hybridized carbons (Fsp3) is 0.273. The number of benzene rings is 1. The molecule has 0 atom stereocenters. The van der Waals surface area contributed by atoms with Crippen molar-refractivity contribution in [2.75, 3.05) is 6.26 Å². The third kappa shape index (κ3) is 3.00. The number of hydrogen-bond acceptors (Lipinski definition) is 4. The molecule has 0 N–H and O–H groups in total. The largest absolute Gasteiger partial charge is 0.452 e. The summed E-state index contributed by atoms with van der Waals surface area (Å²) in [6, 6.07) is 4.95. The fourth-order valence-corrected chi connectivity index (χ4v) is 2.59. The molecule has 2 rings (SSSR count). The molecule has 0 aliphatic rings. The van der Waals surface area contributed by atoms with E-state index >= 15 is 0 Å². The predicted molar refractivity (Wildman–Crippen MR) is 71.5 cm³/mol. The molecular formula is C11H10F3N3O2S2. The molecule has 0 spiro atoms. The van der Waals surface area contributed by atoms with Gasteiger partial charge in [0.15, 0.2) is 9.84 Å². The Kier molecular flexibility index (Phi) is 3.70. The molecule has 0 bridgehead atoms. The zero-order valence-corrected chi connectivity index (χ0v) is 12.6. The van der Waals surface area contributed by atoms with Crippen molar-refractivity contribution in [3.05, 3.63) is 34.9 Å². The number of hydrogen-bond donors (Lipinski definition) is 0. The van der Waals surface area contributed by atoms with Crippen LogP contribution in [0.25, 0.3) is 5.69 Å². The Morgan fingerprint density at radius 2 is 1.71 bits per heavy atom. The van der Waals surface area contributed by atoms with Gasteiger partial charge in [-0.2, -0.15) is 13.2 Å². The molecular weight excluding hydrogens is 327 g/mol. The van der Waals surface area contributed by atoms with Crippen molar-refractivity contribution in [2.45, 2.75) is 11.1 Å². The average molecular weight is 337 g/mol. The van der Waals surface area contributed by atoms with E-state index in [1.54, 1.807) is 0 Å². The number of aromatic nitrogens is 3. The molecule has 1 aromatic carbocycles. The zero-order valence-electron chi connectivity index (χ0n) is 10.9. The zero-order chi connectivity index (χ0) is 16.0. The van der Waals surface area contributed by atoms with Crippen LogP contribution in [-0.4, -0.2) is 29.0 Å². The van der Waals surface area contributed by atoms with Gasteiger partial charge in [-0.3, -0.25) is 4.57 Å². The van der Waals surface area contributed by atoms with Crippen LogP contribution < -0.4 is 0 Å². The van der Waals surface area contributed by atoms with Gasteiger partial charge in [0.1, 0.15) is 0 Å². The Morgan fingerprint density at radius 3 is 2.14 bits per heavy atom. The van der Waals surface area contributed by atoms with Crippen LogP contribution in [0.1, 0.15) is 5.82 Å². The van der Waals surface area contributed by atoms with E-state index in [0.29, 0.717) is 0 Å². The van der Waals surface area contributed by atoms with E-state index in [1.165, 1.54) is 31.3 Å². The highest BCUT2D eigenvalue weighted by atomic mass is 32.2. The van der Waals surface area contributed by atoms with Crippen LogP contribution >= 0.6 is 12.2 Å². The molecule has 0 radical (unpaired) electrons. The van der Waals surface area contributed by atoms with Crippen molar-refractivity contribution in [2.24, 2.45) is 7.05 Å². The minimum absolute atomic E-state index is 0.00946. The van der Waals surface area contributed by atoms with Crippen LogP contribution in [0.2, 0.25) is 0 Å². The molecule has 114 valence electrons. The second-order valence-corrected chi connectivity index (χ2v) is 6.71. The van der Waals surface area contributed by atoms with Gasteiger partial charge in [-0.25, -0.2) is 13.1 Å². The van der Waals surface area contributed by atoms with Gasteiger partial charge in [-0.05, 0) is 36.5 Å².